The number of aromatic nitrogens is 2. The summed E-state index contributed by atoms with van der Waals surface area (Å²) in [6.07, 6.45) is 1.94. The molecular formula is C14H19ClN4O. The molecule has 2 aromatic rings. The van der Waals surface area contributed by atoms with Crippen molar-refractivity contribution < 1.29 is 4.79 Å². The highest BCUT2D eigenvalue weighted by Gasteiger charge is 2.34. The van der Waals surface area contributed by atoms with E-state index >= 15 is 0 Å². The predicted octanol–water partition coefficient (Wildman–Crippen LogP) is 2.31. The van der Waals surface area contributed by atoms with Gasteiger partial charge < -0.3 is 10.3 Å². The van der Waals surface area contributed by atoms with E-state index in [1.54, 1.807) is 0 Å². The number of anilines is 1. The number of piperidine rings is 1. The fourth-order valence-corrected chi connectivity index (χ4v) is 2.52. The van der Waals surface area contributed by atoms with Crippen LogP contribution in [0.1, 0.15) is 19.8 Å². The summed E-state index contributed by atoms with van der Waals surface area (Å²) in [5, 5.41) is 6.17. The number of carbonyl (C=O) groups excluding carboxylic acids is 1. The Kier molecular flexibility index (Phi) is 4.30. The third-order valence-corrected chi connectivity index (χ3v) is 3.77. The van der Waals surface area contributed by atoms with E-state index in [0.717, 1.165) is 37.0 Å². The van der Waals surface area contributed by atoms with Crippen LogP contribution in [-0.2, 0) is 4.79 Å². The van der Waals surface area contributed by atoms with Gasteiger partial charge in [-0.3, -0.25) is 10.1 Å². The number of hydrogen-bond donors (Lipinski definition) is 3. The maximum atomic E-state index is 12.4. The minimum Gasteiger partial charge on any atom is -0.324 e. The van der Waals surface area contributed by atoms with Gasteiger partial charge in [-0.05, 0) is 38.4 Å². The molecule has 0 bridgehead atoms. The Bertz CT molecular complexity index is 571. The molecule has 3 rings (SSSR count). The number of para-hydroxylation sites is 2. The number of halogens is 1. The molecule has 0 aliphatic carbocycles. The van der Waals surface area contributed by atoms with Crippen LogP contribution in [0.5, 0.6) is 0 Å². The summed E-state index contributed by atoms with van der Waals surface area (Å²) in [6.45, 7) is 3.71. The molecule has 2 heterocycles. The third-order valence-electron chi connectivity index (χ3n) is 3.77. The van der Waals surface area contributed by atoms with Gasteiger partial charge in [-0.2, -0.15) is 0 Å². The van der Waals surface area contributed by atoms with Crippen molar-refractivity contribution in [2.45, 2.75) is 19.8 Å². The van der Waals surface area contributed by atoms with E-state index in [1.165, 1.54) is 0 Å². The monoisotopic (exact) mass is 294 g/mol. The van der Waals surface area contributed by atoms with E-state index < -0.39 is 0 Å². The van der Waals surface area contributed by atoms with Gasteiger partial charge in [-0.15, -0.1) is 12.4 Å². The standard InChI is InChI=1S/C14H18N4O.ClH/c1-14(7-4-8-15-9-14)12(19)18-13-16-10-5-2-3-6-11(10)17-13;/h2-3,5-6,15H,4,7-9H2,1H3,(H2,16,17,18,19);1H. The van der Waals surface area contributed by atoms with E-state index in [9.17, 15) is 4.79 Å². The van der Waals surface area contributed by atoms with Gasteiger partial charge in [0.15, 0.2) is 0 Å². The molecule has 1 aliphatic rings. The zero-order valence-electron chi connectivity index (χ0n) is 11.4. The third kappa shape index (κ3) is 2.78. The lowest BCUT2D eigenvalue weighted by Gasteiger charge is -2.32. The number of rotatable bonds is 2. The Morgan fingerprint density at radius 2 is 2.20 bits per heavy atom. The van der Waals surface area contributed by atoms with E-state index in [-0.39, 0.29) is 23.7 Å². The van der Waals surface area contributed by atoms with Gasteiger partial charge in [0, 0.05) is 6.54 Å². The molecule has 1 amide bonds. The maximum Gasteiger partial charge on any atom is 0.233 e. The van der Waals surface area contributed by atoms with Crippen LogP contribution in [-0.4, -0.2) is 29.0 Å². The quantitative estimate of drug-likeness (QED) is 0.796. The number of fused-ring (bicyclic) bond motifs is 1. The second-order valence-corrected chi connectivity index (χ2v) is 5.40. The van der Waals surface area contributed by atoms with E-state index in [0.29, 0.717) is 5.95 Å². The molecule has 1 aromatic heterocycles. The highest BCUT2D eigenvalue weighted by atomic mass is 35.5. The number of nitrogens with one attached hydrogen (secondary N) is 3. The Labute approximate surface area is 124 Å². The summed E-state index contributed by atoms with van der Waals surface area (Å²) in [5.41, 5.74) is 1.45. The van der Waals surface area contributed by atoms with E-state index in [1.807, 2.05) is 31.2 Å². The van der Waals surface area contributed by atoms with E-state index in [2.05, 4.69) is 20.6 Å². The molecule has 1 fully saturated rings. The lowest BCUT2D eigenvalue weighted by atomic mass is 9.82. The van der Waals surface area contributed by atoms with Gasteiger partial charge in [0.1, 0.15) is 0 Å². The Morgan fingerprint density at radius 3 is 2.90 bits per heavy atom. The average molecular weight is 295 g/mol. The molecule has 1 aromatic carbocycles. The number of hydrogen-bond acceptors (Lipinski definition) is 3. The summed E-state index contributed by atoms with van der Waals surface area (Å²) in [6, 6.07) is 7.74. The van der Waals surface area contributed by atoms with Crippen LogP contribution in [0, 0.1) is 5.41 Å². The maximum absolute atomic E-state index is 12.4. The van der Waals surface area contributed by atoms with Crippen LogP contribution in [0.3, 0.4) is 0 Å². The van der Waals surface area contributed by atoms with Gasteiger partial charge in [0.05, 0.1) is 16.4 Å². The minimum atomic E-state index is -0.350. The number of amides is 1. The molecule has 20 heavy (non-hydrogen) atoms. The van der Waals surface area contributed by atoms with Crippen LogP contribution in [0.15, 0.2) is 24.3 Å². The smallest absolute Gasteiger partial charge is 0.233 e. The number of aromatic amines is 1. The first-order chi connectivity index (χ1) is 9.17. The summed E-state index contributed by atoms with van der Waals surface area (Å²) >= 11 is 0. The summed E-state index contributed by atoms with van der Waals surface area (Å²) in [7, 11) is 0. The molecule has 1 aliphatic heterocycles. The number of benzene rings is 1. The van der Waals surface area contributed by atoms with Crippen LogP contribution in [0.4, 0.5) is 5.95 Å². The van der Waals surface area contributed by atoms with Crippen LogP contribution in [0.25, 0.3) is 11.0 Å². The van der Waals surface area contributed by atoms with Gasteiger partial charge in [0.2, 0.25) is 11.9 Å². The van der Waals surface area contributed by atoms with Gasteiger partial charge in [-0.25, -0.2) is 4.98 Å². The predicted molar refractivity (Wildman–Crippen MR) is 82.2 cm³/mol. The van der Waals surface area contributed by atoms with Crippen molar-refractivity contribution in [1.29, 1.82) is 0 Å². The largest absolute Gasteiger partial charge is 0.324 e. The number of nitrogens with zero attached hydrogens (tertiary/aromatic N) is 1. The highest BCUT2D eigenvalue weighted by molar-refractivity contribution is 5.95. The molecule has 1 unspecified atom stereocenters. The Morgan fingerprint density at radius 1 is 1.40 bits per heavy atom. The average Bonchev–Trinajstić information content (AvgIpc) is 2.81. The lowest BCUT2D eigenvalue weighted by molar-refractivity contribution is -0.125. The molecule has 1 saturated heterocycles. The first kappa shape index (κ1) is 14.8. The summed E-state index contributed by atoms with van der Waals surface area (Å²) in [5.74, 6) is 0.553. The number of H-pyrrole nitrogens is 1. The van der Waals surface area contributed by atoms with Gasteiger partial charge >= 0.3 is 0 Å². The Hall–Kier alpha value is -1.59. The van der Waals surface area contributed by atoms with Crippen LogP contribution < -0.4 is 10.6 Å². The second-order valence-electron chi connectivity index (χ2n) is 5.40. The first-order valence-electron chi connectivity index (χ1n) is 6.64. The highest BCUT2D eigenvalue weighted by Crippen LogP contribution is 2.27. The van der Waals surface area contributed by atoms with E-state index in [4.69, 9.17) is 0 Å². The zero-order chi connectivity index (χ0) is 13.3. The Balaban J connectivity index is 0.00000147. The van der Waals surface area contributed by atoms with Crippen molar-refractivity contribution in [2.24, 2.45) is 5.41 Å². The number of carbonyl (C=O) groups is 1. The van der Waals surface area contributed by atoms with Crippen LogP contribution >= 0.6 is 12.4 Å². The van der Waals surface area contributed by atoms with Crippen molar-refractivity contribution >= 4 is 35.3 Å². The molecule has 108 valence electrons. The molecule has 3 N–H and O–H groups in total. The molecule has 0 saturated carbocycles. The van der Waals surface area contributed by atoms with Crippen molar-refractivity contribution in [1.82, 2.24) is 15.3 Å². The summed E-state index contributed by atoms with van der Waals surface area (Å²) in [4.78, 5) is 19.8. The lowest BCUT2D eigenvalue weighted by Crippen LogP contribution is -2.46. The van der Waals surface area contributed by atoms with Crippen LogP contribution in [0.2, 0.25) is 0 Å². The molecule has 5 nitrogen and oxygen atoms in total. The molecule has 6 heteroatoms. The molecule has 1 atom stereocenters. The topological polar surface area (TPSA) is 69.8 Å². The SMILES string of the molecule is CC1(C(=O)Nc2nc3ccccc3[nH]2)CCCNC1.Cl. The second kappa shape index (κ2) is 5.81. The van der Waals surface area contributed by atoms with Crippen molar-refractivity contribution in [3.8, 4) is 0 Å². The summed E-state index contributed by atoms with van der Waals surface area (Å²) < 4.78 is 0. The van der Waals surface area contributed by atoms with Gasteiger partial charge in [-0.1, -0.05) is 12.1 Å². The van der Waals surface area contributed by atoms with Crippen molar-refractivity contribution in [3.63, 3.8) is 0 Å². The van der Waals surface area contributed by atoms with Crippen molar-refractivity contribution in [2.75, 3.05) is 18.4 Å². The molecular weight excluding hydrogens is 276 g/mol. The fraction of sp³-hybridized carbons (Fsp3) is 0.429. The van der Waals surface area contributed by atoms with Crippen molar-refractivity contribution in [3.05, 3.63) is 24.3 Å². The minimum absolute atomic E-state index is 0. The number of imidazole rings is 1. The molecule has 0 spiro atoms. The fourth-order valence-electron chi connectivity index (χ4n) is 2.52. The normalized spacial score (nSPS) is 22.2. The van der Waals surface area contributed by atoms with Gasteiger partial charge in [0.25, 0.3) is 0 Å². The molecule has 0 radical (unpaired) electrons. The zero-order valence-corrected chi connectivity index (χ0v) is 12.2. The first-order valence-corrected chi connectivity index (χ1v) is 6.64.